The third-order valence-electron chi connectivity index (χ3n) is 1.88. The molecule has 0 bridgehead atoms. The van der Waals surface area contributed by atoms with Crippen LogP contribution in [0.15, 0.2) is 12.2 Å². The van der Waals surface area contributed by atoms with Crippen LogP contribution in [-0.4, -0.2) is 24.8 Å². The fourth-order valence-corrected chi connectivity index (χ4v) is 1.25. The van der Waals surface area contributed by atoms with Crippen LogP contribution in [0.4, 0.5) is 0 Å². The van der Waals surface area contributed by atoms with Crippen molar-refractivity contribution in [3.05, 3.63) is 12.2 Å². The van der Waals surface area contributed by atoms with E-state index in [-0.39, 0.29) is 5.97 Å². The van der Waals surface area contributed by atoms with E-state index in [0.717, 1.165) is 19.6 Å². The summed E-state index contributed by atoms with van der Waals surface area (Å²) < 4.78 is 10.3. The molecular weight excluding hydrogens is 180 g/mol. The number of carbonyl (C=O) groups is 1. The van der Waals surface area contributed by atoms with Gasteiger partial charge in [-0.25, -0.2) is 4.79 Å². The smallest absolute Gasteiger partial charge is 0.330 e. The van der Waals surface area contributed by atoms with Crippen LogP contribution in [-0.2, 0) is 14.3 Å². The summed E-state index contributed by atoms with van der Waals surface area (Å²) in [7, 11) is 0. The molecule has 0 amide bonds. The molecule has 1 heterocycles. The Labute approximate surface area is 85.1 Å². The maximum Gasteiger partial charge on any atom is 0.330 e. The highest BCUT2D eigenvalue weighted by molar-refractivity contribution is 5.82. The molecule has 0 aromatic heterocycles. The molecule has 1 aliphatic rings. The molecule has 0 N–H and O–H groups in total. The zero-order valence-electron chi connectivity index (χ0n) is 9.08. The second-order valence-corrected chi connectivity index (χ2v) is 4.52. The SMILES string of the molecule is CC(C)(C)OC(=O)/C=C/C1CCOC1. The van der Waals surface area contributed by atoms with E-state index in [1.165, 1.54) is 6.08 Å². The molecule has 3 nitrogen and oxygen atoms in total. The van der Waals surface area contributed by atoms with E-state index < -0.39 is 5.60 Å². The van der Waals surface area contributed by atoms with Crippen molar-refractivity contribution in [2.45, 2.75) is 32.8 Å². The van der Waals surface area contributed by atoms with Crippen molar-refractivity contribution >= 4 is 5.97 Å². The van der Waals surface area contributed by atoms with E-state index in [9.17, 15) is 4.79 Å². The standard InChI is InChI=1S/C11H18O3/c1-11(2,3)14-10(12)5-4-9-6-7-13-8-9/h4-5,9H,6-8H2,1-3H3/b5-4+. The molecular formula is C11H18O3. The van der Waals surface area contributed by atoms with Crippen molar-refractivity contribution in [2.75, 3.05) is 13.2 Å². The normalized spacial score (nSPS) is 22.9. The van der Waals surface area contributed by atoms with Crippen molar-refractivity contribution in [3.8, 4) is 0 Å². The van der Waals surface area contributed by atoms with Gasteiger partial charge in [0.1, 0.15) is 5.60 Å². The van der Waals surface area contributed by atoms with Crippen molar-refractivity contribution in [1.29, 1.82) is 0 Å². The molecule has 0 spiro atoms. The van der Waals surface area contributed by atoms with Gasteiger partial charge in [-0.05, 0) is 27.2 Å². The lowest BCUT2D eigenvalue weighted by Gasteiger charge is -2.18. The lowest BCUT2D eigenvalue weighted by molar-refractivity contribution is -0.148. The van der Waals surface area contributed by atoms with Gasteiger partial charge < -0.3 is 9.47 Å². The van der Waals surface area contributed by atoms with E-state index >= 15 is 0 Å². The fraction of sp³-hybridized carbons (Fsp3) is 0.727. The zero-order chi connectivity index (χ0) is 10.6. The molecule has 1 aliphatic heterocycles. The number of hydrogen-bond acceptors (Lipinski definition) is 3. The highest BCUT2D eigenvalue weighted by Crippen LogP contribution is 2.14. The predicted octanol–water partition coefficient (Wildman–Crippen LogP) is 1.92. The van der Waals surface area contributed by atoms with Gasteiger partial charge in [0.2, 0.25) is 0 Å². The topological polar surface area (TPSA) is 35.5 Å². The molecule has 0 aromatic rings. The van der Waals surface area contributed by atoms with Crippen LogP contribution in [0.2, 0.25) is 0 Å². The van der Waals surface area contributed by atoms with Gasteiger partial charge in [0.25, 0.3) is 0 Å². The Morgan fingerprint density at radius 2 is 2.21 bits per heavy atom. The quantitative estimate of drug-likeness (QED) is 0.502. The Morgan fingerprint density at radius 1 is 1.50 bits per heavy atom. The monoisotopic (exact) mass is 198 g/mol. The van der Waals surface area contributed by atoms with E-state index in [1.807, 2.05) is 26.8 Å². The van der Waals surface area contributed by atoms with E-state index in [2.05, 4.69) is 0 Å². The van der Waals surface area contributed by atoms with Gasteiger partial charge in [0.15, 0.2) is 0 Å². The van der Waals surface area contributed by atoms with Crippen LogP contribution in [0.3, 0.4) is 0 Å². The first-order valence-electron chi connectivity index (χ1n) is 4.96. The maximum absolute atomic E-state index is 11.3. The minimum absolute atomic E-state index is 0.274. The second kappa shape index (κ2) is 4.60. The average molecular weight is 198 g/mol. The predicted molar refractivity (Wildman–Crippen MR) is 53.9 cm³/mol. The minimum Gasteiger partial charge on any atom is -0.457 e. The first kappa shape index (κ1) is 11.2. The van der Waals surface area contributed by atoms with Crippen LogP contribution < -0.4 is 0 Å². The van der Waals surface area contributed by atoms with Crippen LogP contribution in [0.1, 0.15) is 27.2 Å². The van der Waals surface area contributed by atoms with Crippen molar-refractivity contribution in [2.24, 2.45) is 5.92 Å². The third-order valence-corrected chi connectivity index (χ3v) is 1.88. The largest absolute Gasteiger partial charge is 0.457 e. The van der Waals surface area contributed by atoms with Gasteiger partial charge in [-0.15, -0.1) is 0 Å². The van der Waals surface area contributed by atoms with Crippen molar-refractivity contribution in [3.63, 3.8) is 0 Å². The molecule has 14 heavy (non-hydrogen) atoms. The summed E-state index contributed by atoms with van der Waals surface area (Å²) in [5, 5.41) is 0. The Kier molecular flexibility index (Phi) is 3.69. The Balaban J connectivity index is 2.32. The number of esters is 1. The Bertz CT molecular complexity index is 219. The van der Waals surface area contributed by atoms with E-state index in [1.54, 1.807) is 0 Å². The average Bonchev–Trinajstić information content (AvgIpc) is 2.49. The van der Waals surface area contributed by atoms with Gasteiger partial charge in [-0.3, -0.25) is 0 Å². The molecule has 0 radical (unpaired) electrons. The molecule has 0 saturated carbocycles. The summed E-state index contributed by atoms with van der Waals surface area (Å²) in [6.07, 6.45) is 4.38. The number of ether oxygens (including phenoxy) is 2. The van der Waals surface area contributed by atoms with E-state index in [0.29, 0.717) is 5.92 Å². The summed E-state index contributed by atoms with van der Waals surface area (Å²) in [5.74, 6) is 0.104. The summed E-state index contributed by atoms with van der Waals surface area (Å²) in [5.41, 5.74) is -0.409. The van der Waals surface area contributed by atoms with E-state index in [4.69, 9.17) is 9.47 Å². The van der Waals surface area contributed by atoms with Crippen LogP contribution >= 0.6 is 0 Å². The number of hydrogen-bond donors (Lipinski definition) is 0. The highest BCUT2D eigenvalue weighted by atomic mass is 16.6. The van der Waals surface area contributed by atoms with Crippen molar-refractivity contribution in [1.82, 2.24) is 0 Å². The Morgan fingerprint density at radius 3 is 2.71 bits per heavy atom. The molecule has 80 valence electrons. The molecule has 0 aromatic carbocycles. The third kappa shape index (κ3) is 4.42. The molecule has 1 saturated heterocycles. The first-order valence-corrected chi connectivity index (χ1v) is 4.96. The molecule has 1 rings (SSSR count). The molecule has 0 aliphatic carbocycles. The molecule has 1 atom stereocenters. The van der Waals surface area contributed by atoms with Crippen LogP contribution in [0, 0.1) is 5.92 Å². The van der Waals surface area contributed by atoms with Crippen molar-refractivity contribution < 1.29 is 14.3 Å². The molecule has 3 heteroatoms. The lowest BCUT2D eigenvalue weighted by Crippen LogP contribution is -2.22. The summed E-state index contributed by atoms with van der Waals surface area (Å²) >= 11 is 0. The van der Waals surface area contributed by atoms with Gasteiger partial charge in [0, 0.05) is 18.6 Å². The lowest BCUT2D eigenvalue weighted by atomic mass is 10.1. The van der Waals surface area contributed by atoms with Crippen LogP contribution in [0.25, 0.3) is 0 Å². The zero-order valence-corrected chi connectivity index (χ0v) is 9.08. The van der Waals surface area contributed by atoms with Gasteiger partial charge in [-0.2, -0.15) is 0 Å². The highest BCUT2D eigenvalue weighted by Gasteiger charge is 2.16. The molecule has 1 fully saturated rings. The summed E-state index contributed by atoms with van der Waals surface area (Å²) in [4.78, 5) is 11.3. The van der Waals surface area contributed by atoms with Crippen LogP contribution in [0.5, 0.6) is 0 Å². The first-order chi connectivity index (χ1) is 6.47. The van der Waals surface area contributed by atoms with Gasteiger partial charge in [0.05, 0.1) is 6.61 Å². The fourth-order valence-electron chi connectivity index (χ4n) is 1.25. The van der Waals surface area contributed by atoms with Gasteiger partial charge in [-0.1, -0.05) is 6.08 Å². The molecule has 1 unspecified atom stereocenters. The Hall–Kier alpha value is -0.830. The minimum atomic E-state index is -0.409. The number of rotatable bonds is 2. The summed E-state index contributed by atoms with van der Waals surface area (Å²) in [6.45, 7) is 7.09. The second-order valence-electron chi connectivity index (χ2n) is 4.52. The summed E-state index contributed by atoms with van der Waals surface area (Å²) in [6, 6.07) is 0. The number of carbonyl (C=O) groups excluding carboxylic acids is 1. The maximum atomic E-state index is 11.3. The van der Waals surface area contributed by atoms with Gasteiger partial charge >= 0.3 is 5.97 Å².